The first-order valence-electron chi connectivity index (χ1n) is 6.06. The van der Waals surface area contributed by atoms with Gasteiger partial charge in [0.25, 0.3) is 0 Å². The van der Waals surface area contributed by atoms with Crippen molar-refractivity contribution in [2.75, 3.05) is 7.11 Å². The Labute approximate surface area is 121 Å². The fourth-order valence-corrected chi connectivity index (χ4v) is 2.65. The normalized spacial score (nSPS) is 10.8. The number of ether oxygens (including phenoxy) is 1. The standard InChI is InChI=1S/C14H18BrN3O/c1-8-6-11(19-4)9(2)5-10(8)13-14(15)18(3)12(7-16)17-13/h5-6H,7,16H2,1-4H3. The molecule has 0 aliphatic heterocycles. The molecule has 0 unspecified atom stereocenters. The van der Waals surface area contributed by atoms with E-state index in [9.17, 15) is 0 Å². The summed E-state index contributed by atoms with van der Waals surface area (Å²) in [5, 5.41) is 0. The highest BCUT2D eigenvalue weighted by atomic mass is 79.9. The molecule has 0 saturated heterocycles. The summed E-state index contributed by atoms with van der Waals surface area (Å²) in [4.78, 5) is 4.61. The highest BCUT2D eigenvalue weighted by Gasteiger charge is 2.16. The zero-order valence-corrected chi connectivity index (χ0v) is 13.2. The largest absolute Gasteiger partial charge is 0.496 e. The van der Waals surface area contributed by atoms with Gasteiger partial charge >= 0.3 is 0 Å². The molecule has 1 aromatic carbocycles. The van der Waals surface area contributed by atoms with Crippen LogP contribution in [0.1, 0.15) is 17.0 Å². The predicted molar refractivity (Wildman–Crippen MR) is 80.3 cm³/mol. The Bertz CT molecular complexity index is 620. The van der Waals surface area contributed by atoms with Crippen LogP contribution in [0.15, 0.2) is 16.7 Å². The lowest BCUT2D eigenvalue weighted by Crippen LogP contribution is -2.04. The molecule has 2 rings (SSSR count). The van der Waals surface area contributed by atoms with Crippen LogP contribution >= 0.6 is 15.9 Å². The molecule has 0 spiro atoms. The summed E-state index contributed by atoms with van der Waals surface area (Å²) in [7, 11) is 3.64. The molecule has 0 amide bonds. The summed E-state index contributed by atoms with van der Waals surface area (Å²) in [6, 6.07) is 4.13. The molecule has 0 fully saturated rings. The molecule has 102 valence electrons. The molecule has 2 N–H and O–H groups in total. The van der Waals surface area contributed by atoms with Gasteiger partial charge in [-0.25, -0.2) is 4.98 Å². The van der Waals surface area contributed by atoms with Gasteiger partial charge in [-0.1, -0.05) is 0 Å². The van der Waals surface area contributed by atoms with Crippen LogP contribution in [0.4, 0.5) is 0 Å². The van der Waals surface area contributed by atoms with Crippen molar-refractivity contribution < 1.29 is 4.74 Å². The molecular formula is C14H18BrN3O. The Kier molecular flexibility index (Phi) is 3.96. The average molecular weight is 324 g/mol. The minimum atomic E-state index is 0.420. The molecule has 0 atom stereocenters. The second-order valence-electron chi connectivity index (χ2n) is 4.57. The number of nitrogens with zero attached hydrogens (tertiary/aromatic N) is 2. The van der Waals surface area contributed by atoms with Crippen molar-refractivity contribution in [1.29, 1.82) is 0 Å². The number of aromatic nitrogens is 2. The van der Waals surface area contributed by atoms with Crippen molar-refractivity contribution in [2.45, 2.75) is 20.4 Å². The second kappa shape index (κ2) is 5.35. The van der Waals surface area contributed by atoms with Gasteiger partial charge in [0.1, 0.15) is 21.9 Å². The number of benzene rings is 1. The maximum absolute atomic E-state index is 5.70. The summed E-state index contributed by atoms with van der Waals surface area (Å²) >= 11 is 3.59. The summed E-state index contributed by atoms with van der Waals surface area (Å²) in [5.41, 5.74) is 9.94. The van der Waals surface area contributed by atoms with Crippen molar-refractivity contribution in [3.8, 4) is 17.0 Å². The third-order valence-corrected chi connectivity index (χ3v) is 4.20. The van der Waals surface area contributed by atoms with Gasteiger partial charge < -0.3 is 15.0 Å². The van der Waals surface area contributed by atoms with Gasteiger partial charge in [0, 0.05) is 12.6 Å². The van der Waals surface area contributed by atoms with Crippen LogP contribution in [-0.4, -0.2) is 16.7 Å². The van der Waals surface area contributed by atoms with Gasteiger partial charge in [-0.2, -0.15) is 0 Å². The van der Waals surface area contributed by atoms with Gasteiger partial charge in [0.15, 0.2) is 0 Å². The monoisotopic (exact) mass is 323 g/mol. The molecule has 19 heavy (non-hydrogen) atoms. The van der Waals surface area contributed by atoms with Crippen molar-refractivity contribution in [2.24, 2.45) is 12.8 Å². The Balaban J connectivity index is 2.62. The molecule has 0 bridgehead atoms. The SMILES string of the molecule is COc1cc(C)c(-c2nc(CN)n(C)c2Br)cc1C. The third-order valence-electron chi connectivity index (χ3n) is 3.30. The second-order valence-corrected chi connectivity index (χ2v) is 5.32. The molecule has 1 aromatic heterocycles. The predicted octanol–water partition coefficient (Wildman–Crippen LogP) is 2.93. The maximum Gasteiger partial charge on any atom is 0.123 e. The van der Waals surface area contributed by atoms with E-state index in [-0.39, 0.29) is 0 Å². The number of imidazole rings is 1. The van der Waals surface area contributed by atoms with Crippen molar-refractivity contribution in [3.63, 3.8) is 0 Å². The van der Waals surface area contributed by atoms with Gasteiger partial charge in [-0.05, 0) is 53.0 Å². The van der Waals surface area contributed by atoms with Crippen molar-refractivity contribution in [1.82, 2.24) is 9.55 Å². The lowest BCUT2D eigenvalue weighted by atomic mass is 10.0. The molecule has 0 saturated carbocycles. The molecule has 2 aromatic rings. The van der Waals surface area contributed by atoms with E-state index in [0.717, 1.165) is 38.6 Å². The van der Waals surface area contributed by atoms with Crippen LogP contribution in [0.3, 0.4) is 0 Å². The lowest BCUT2D eigenvalue weighted by Gasteiger charge is -2.10. The van der Waals surface area contributed by atoms with E-state index in [4.69, 9.17) is 10.5 Å². The van der Waals surface area contributed by atoms with E-state index >= 15 is 0 Å². The molecule has 0 radical (unpaired) electrons. The summed E-state index contributed by atoms with van der Waals surface area (Å²) in [6.07, 6.45) is 0. The van der Waals surface area contributed by atoms with Gasteiger partial charge in [-0.15, -0.1) is 0 Å². The van der Waals surface area contributed by atoms with Crippen LogP contribution in [0.5, 0.6) is 5.75 Å². The third kappa shape index (κ3) is 2.40. The van der Waals surface area contributed by atoms with Gasteiger partial charge in [0.05, 0.1) is 13.7 Å². The Hall–Kier alpha value is -1.33. The highest BCUT2D eigenvalue weighted by molar-refractivity contribution is 9.10. The topological polar surface area (TPSA) is 53.1 Å². The molecule has 1 heterocycles. The number of hydrogen-bond acceptors (Lipinski definition) is 3. The van der Waals surface area contributed by atoms with Gasteiger partial charge in [0.2, 0.25) is 0 Å². The van der Waals surface area contributed by atoms with Crippen LogP contribution < -0.4 is 10.5 Å². The van der Waals surface area contributed by atoms with E-state index in [1.807, 2.05) is 24.6 Å². The zero-order valence-electron chi connectivity index (χ0n) is 11.6. The Morgan fingerprint density at radius 3 is 2.53 bits per heavy atom. The first-order valence-corrected chi connectivity index (χ1v) is 6.85. The van der Waals surface area contributed by atoms with Gasteiger partial charge in [-0.3, -0.25) is 0 Å². The number of rotatable bonds is 3. The van der Waals surface area contributed by atoms with E-state index in [1.54, 1.807) is 7.11 Å². The molecule has 5 heteroatoms. The minimum absolute atomic E-state index is 0.420. The lowest BCUT2D eigenvalue weighted by molar-refractivity contribution is 0.411. The number of hydrogen-bond donors (Lipinski definition) is 1. The van der Waals surface area contributed by atoms with Crippen LogP contribution in [0.25, 0.3) is 11.3 Å². The maximum atomic E-state index is 5.70. The van der Waals surface area contributed by atoms with Crippen molar-refractivity contribution in [3.05, 3.63) is 33.7 Å². The molecule has 4 nitrogen and oxygen atoms in total. The van der Waals surface area contributed by atoms with Crippen LogP contribution in [0.2, 0.25) is 0 Å². The number of methoxy groups -OCH3 is 1. The number of nitrogens with two attached hydrogens (primary N) is 1. The van der Waals surface area contributed by atoms with E-state index < -0.39 is 0 Å². The number of aryl methyl sites for hydroxylation is 2. The highest BCUT2D eigenvalue weighted by Crippen LogP contribution is 2.34. The quantitative estimate of drug-likeness (QED) is 0.944. The summed E-state index contributed by atoms with van der Waals surface area (Å²) < 4.78 is 8.25. The Morgan fingerprint density at radius 2 is 2.00 bits per heavy atom. The number of halogens is 1. The van der Waals surface area contributed by atoms with E-state index in [2.05, 4.69) is 33.9 Å². The van der Waals surface area contributed by atoms with Crippen molar-refractivity contribution >= 4 is 15.9 Å². The Morgan fingerprint density at radius 1 is 1.32 bits per heavy atom. The van der Waals surface area contributed by atoms with Crippen LogP contribution in [0, 0.1) is 13.8 Å². The molecule has 0 aliphatic carbocycles. The zero-order chi connectivity index (χ0) is 14.2. The van der Waals surface area contributed by atoms with E-state index in [1.165, 1.54) is 0 Å². The molecule has 0 aliphatic rings. The average Bonchev–Trinajstić information content (AvgIpc) is 2.68. The molecular weight excluding hydrogens is 306 g/mol. The first kappa shape index (κ1) is 14.1. The smallest absolute Gasteiger partial charge is 0.123 e. The summed E-state index contributed by atoms with van der Waals surface area (Å²) in [6.45, 7) is 4.51. The summed E-state index contributed by atoms with van der Waals surface area (Å²) in [5.74, 6) is 1.75. The minimum Gasteiger partial charge on any atom is -0.496 e. The van der Waals surface area contributed by atoms with E-state index in [0.29, 0.717) is 6.54 Å². The fraction of sp³-hybridized carbons (Fsp3) is 0.357. The fourth-order valence-electron chi connectivity index (χ4n) is 2.14. The first-order chi connectivity index (χ1) is 8.99. The van der Waals surface area contributed by atoms with Crippen LogP contribution in [-0.2, 0) is 13.6 Å².